The first-order valence-electron chi connectivity index (χ1n) is 10.0. The summed E-state index contributed by atoms with van der Waals surface area (Å²) < 4.78 is 51.7. The first kappa shape index (κ1) is 26.3. The Bertz CT molecular complexity index is 960. The van der Waals surface area contributed by atoms with E-state index in [9.17, 15) is 27.6 Å². The number of nitrogens with one attached hydrogen (secondary N) is 2. The molecule has 0 bridgehead atoms. The number of alkyl halides is 3. The summed E-state index contributed by atoms with van der Waals surface area (Å²) in [4.78, 5) is 36.1. The third-order valence-corrected chi connectivity index (χ3v) is 5.83. The van der Waals surface area contributed by atoms with Crippen LogP contribution in [0.2, 0.25) is 0 Å². The molecule has 33 heavy (non-hydrogen) atoms. The van der Waals surface area contributed by atoms with E-state index in [1.807, 2.05) is 0 Å². The third-order valence-electron chi connectivity index (χ3n) is 4.84. The monoisotopic (exact) mass is 486 g/mol. The maximum absolute atomic E-state index is 13.9. The van der Waals surface area contributed by atoms with Gasteiger partial charge in [0.2, 0.25) is 6.41 Å². The highest BCUT2D eigenvalue weighted by molar-refractivity contribution is 7.99. The molecule has 1 aliphatic rings. The van der Waals surface area contributed by atoms with E-state index >= 15 is 0 Å². The van der Waals surface area contributed by atoms with Gasteiger partial charge in [-0.2, -0.15) is 24.9 Å². The van der Waals surface area contributed by atoms with Gasteiger partial charge >= 0.3 is 18.1 Å². The number of carbonyl (C=O) groups is 3. The molecule has 0 aliphatic carbocycles. The lowest BCUT2D eigenvalue weighted by molar-refractivity contribution is -0.141. The summed E-state index contributed by atoms with van der Waals surface area (Å²) in [6.45, 7) is 3.49. The Morgan fingerprint density at radius 2 is 1.91 bits per heavy atom. The summed E-state index contributed by atoms with van der Waals surface area (Å²) in [5, 5.41) is 5.50. The SMILES string of the molecule is CCOC(=O)C1=C(CSCCNC=O)NC(C)=C(C(=O)OC)C1c1ccccc1C(F)(F)F. The van der Waals surface area contributed by atoms with Gasteiger partial charge in [0.05, 0.1) is 36.3 Å². The predicted molar refractivity (Wildman–Crippen MR) is 117 cm³/mol. The minimum Gasteiger partial charge on any atom is -0.466 e. The molecule has 1 heterocycles. The van der Waals surface area contributed by atoms with Crippen molar-refractivity contribution >= 4 is 30.1 Å². The van der Waals surface area contributed by atoms with Crippen LogP contribution < -0.4 is 10.6 Å². The average molecular weight is 487 g/mol. The molecule has 1 unspecified atom stereocenters. The van der Waals surface area contributed by atoms with Gasteiger partial charge in [-0.25, -0.2) is 9.59 Å². The van der Waals surface area contributed by atoms with E-state index in [4.69, 9.17) is 9.47 Å². The van der Waals surface area contributed by atoms with Crippen LogP contribution in [0.4, 0.5) is 13.2 Å². The summed E-state index contributed by atoms with van der Waals surface area (Å²) >= 11 is 1.35. The van der Waals surface area contributed by atoms with E-state index < -0.39 is 29.6 Å². The fraction of sp³-hybridized carbons (Fsp3) is 0.409. The van der Waals surface area contributed by atoms with Crippen molar-refractivity contribution in [2.45, 2.75) is 25.9 Å². The lowest BCUT2D eigenvalue weighted by Gasteiger charge is -2.32. The lowest BCUT2D eigenvalue weighted by Crippen LogP contribution is -2.35. The molecule has 1 amide bonds. The second-order valence-electron chi connectivity index (χ2n) is 6.91. The van der Waals surface area contributed by atoms with Crippen molar-refractivity contribution < 1.29 is 37.0 Å². The molecule has 0 radical (unpaired) electrons. The quantitative estimate of drug-likeness (QED) is 0.298. The lowest BCUT2D eigenvalue weighted by atomic mass is 9.78. The summed E-state index contributed by atoms with van der Waals surface area (Å²) in [5.74, 6) is -2.32. The molecule has 1 aromatic rings. The van der Waals surface area contributed by atoms with Gasteiger partial charge in [-0.3, -0.25) is 4.79 Å². The van der Waals surface area contributed by atoms with Gasteiger partial charge in [-0.05, 0) is 25.5 Å². The van der Waals surface area contributed by atoms with E-state index in [1.54, 1.807) is 6.92 Å². The smallest absolute Gasteiger partial charge is 0.416 e. The van der Waals surface area contributed by atoms with Crippen molar-refractivity contribution in [3.63, 3.8) is 0 Å². The second kappa shape index (κ2) is 11.8. The molecule has 0 saturated carbocycles. The standard InChI is InChI=1S/C22H25F3N2O5S/c1-4-32-21(30)19-16(11-33-10-9-26-12-28)27-13(2)17(20(29)31-3)18(19)14-7-5-6-8-15(14)22(23,24)25/h5-8,12,18,27H,4,9-11H2,1-3H3,(H,26,28). The van der Waals surface area contributed by atoms with Crippen LogP contribution in [-0.4, -0.2) is 50.1 Å². The highest BCUT2D eigenvalue weighted by atomic mass is 32.2. The molecule has 2 N–H and O–H groups in total. The van der Waals surface area contributed by atoms with Gasteiger partial charge in [0.1, 0.15) is 0 Å². The molecule has 180 valence electrons. The molecule has 0 aromatic heterocycles. The zero-order chi connectivity index (χ0) is 24.6. The van der Waals surface area contributed by atoms with E-state index in [2.05, 4.69) is 10.6 Å². The van der Waals surface area contributed by atoms with Crippen molar-refractivity contribution in [3.05, 3.63) is 57.9 Å². The summed E-state index contributed by atoms with van der Waals surface area (Å²) in [7, 11) is 1.12. The molecule has 0 fully saturated rings. The Labute approximate surface area is 193 Å². The van der Waals surface area contributed by atoms with Crippen LogP contribution >= 0.6 is 11.8 Å². The Morgan fingerprint density at radius 1 is 1.21 bits per heavy atom. The number of rotatable bonds is 10. The van der Waals surface area contributed by atoms with E-state index in [-0.39, 0.29) is 34.8 Å². The van der Waals surface area contributed by atoms with E-state index in [1.165, 1.54) is 36.9 Å². The minimum absolute atomic E-state index is 0.00406. The normalized spacial score (nSPS) is 16.2. The van der Waals surface area contributed by atoms with Gasteiger partial charge in [0.25, 0.3) is 0 Å². The number of carbonyl (C=O) groups excluding carboxylic acids is 3. The number of amides is 1. The molecule has 2 rings (SSSR count). The second-order valence-corrected chi connectivity index (χ2v) is 8.02. The molecule has 11 heteroatoms. The summed E-state index contributed by atoms with van der Waals surface area (Å²) in [6.07, 6.45) is -4.16. The molecule has 7 nitrogen and oxygen atoms in total. The number of ether oxygens (including phenoxy) is 2. The first-order valence-corrected chi connectivity index (χ1v) is 11.2. The molecule has 1 atom stereocenters. The Hall–Kier alpha value is -2.95. The van der Waals surface area contributed by atoms with Crippen molar-refractivity contribution in [3.8, 4) is 0 Å². The first-order chi connectivity index (χ1) is 15.7. The van der Waals surface area contributed by atoms with Crippen molar-refractivity contribution in [2.75, 3.05) is 31.8 Å². The number of hydrogen-bond donors (Lipinski definition) is 2. The van der Waals surface area contributed by atoms with Gasteiger partial charge in [0, 0.05) is 29.4 Å². The average Bonchev–Trinajstić information content (AvgIpc) is 2.77. The van der Waals surface area contributed by atoms with Gasteiger partial charge in [-0.1, -0.05) is 18.2 Å². The topological polar surface area (TPSA) is 93.7 Å². The zero-order valence-corrected chi connectivity index (χ0v) is 19.2. The largest absolute Gasteiger partial charge is 0.466 e. The summed E-state index contributed by atoms with van der Waals surface area (Å²) in [6, 6.07) is 4.81. The number of methoxy groups -OCH3 is 1. The molecule has 0 saturated heterocycles. The molecular weight excluding hydrogens is 461 g/mol. The molecular formula is C22H25F3N2O5S. The Morgan fingerprint density at radius 3 is 2.52 bits per heavy atom. The third kappa shape index (κ3) is 6.31. The number of thioether (sulfide) groups is 1. The Balaban J connectivity index is 2.70. The maximum atomic E-state index is 13.9. The van der Waals surface area contributed by atoms with Crippen LogP contribution in [0.15, 0.2) is 46.8 Å². The van der Waals surface area contributed by atoms with Gasteiger partial charge < -0.3 is 20.1 Å². The highest BCUT2D eigenvalue weighted by Crippen LogP contribution is 2.44. The van der Waals surface area contributed by atoms with Crippen molar-refractivity contribution in [1.82, 2.24) is 10.6 Å². The predicted octanol–water partition coefficient (Wildman–Crippen LogP) is 3.14. The molecule has 0 spiro atoms. The minimum atomic E-state index is -4.72. The number of dihydropyridines is 1. The Kier molecular flexibility index (Phi) is 9.39. The van der Waals surface area contributed by atoms with Crippen LogP contribution in [0.5, 0.6) is 0 Å². The fourth-order valence-corrected chi connectivity index (χ4v) is 4.36. The van der Waals surface area contributed by atoms with Crippen LogP contribution in [0.1, 0.15) is 30.9 Å². The van der Waals surface area contributed by atoms with Crippen molar-refractivity contribution in [2.24, 2.45) is 0 Å². The van der Waals surface area contributed by atoms with Crippen LogP contribution in [-0.2, 0) is 30.0 Å². The number of halogens is 3. The van der Waals surface area contributed by atoms with Gasteiger partial charge in [0.15, 0.2) is 0 Å². The summed E-state index contributed by atoms with van der Waals surface area (Å²) in [5.41, 5.74) is -0.797. The number of hydrogen-bond acceptors (Lipinski definition) is 7. The number of esters is 2. The van der Waals surface area contributed by atoms with Gasteiger partial charge in [-0.15, -0.1) is 0 Å². The van der Waals surface area contributed by atoms with Crippen LogP contribution in [0.25, 0.3) is 0 Å². The van der Waals surface area contributed by atoms with E-state index in [0.29, 0.717) is 24.4 Å². The molecule has 1 aromatic carbocycles. The fourth-order valence-electron chi connectivity index (χ4n) is 3.52. The number of benzene rings is 1. The number of allylic oxidation sites excluding steroid dienone is 1. The molecule has 1 aliphatic heterocycles. The maximum Gasteiger partial charge on any atom is 0.416 e. The van der Waals surface area contributed by atoms with E-state index in [0.717, 1.165) is 13.2 Å². The zero-order valence-electron chi connectivity index (χ0n) is 18.4. The van der Waals surface area contributed by atoms with Crippen LogP contribution in [0, 0.1) is 0 Å². The highest BCUT2D eigenvalue weighted by Gasteiger charge is 2.43. The van der Waals surface area contributed by atoms with Crippen molar-refractivity contribution in [1.29, 1.82) is 0 Å². The van der Waals surface area contributed by atoms with Crippen LogP contribution in [0.3, 0.4) is 0 Å².